The summed E-state index contributed by atoms with van der Waals surface area (Å²) < 4.78 is 22.6. The van der Waals surface area contributed by atoms with Crippen LogP contribution in [0.4, 0.5) is 5.69 Å². The third-order valence-electron chi connectivity index (χ3n) is 2.41. The molecule has 16 heavy (non-hydrogen) atoms. The van der Waals surface area contributed by atoms with Crippen molar-refractivity contribution in [2.75, 3.05) is 5.32 Å². The lowest BCUT2D eigenvalue weighted by Crippen LogP contribution is -2.15. The molecule has 0 spiro atoms. The summed E-state index contributed by atoms with van der Waals surface area (Å²) in [5, 5.41) is 8.33. The van der Waals surface area contributed by atoms with Crippen molar-refractivity contribution < 1.29 is 8.42 Å². The highest BCUT2D eigenvalue weighted by molar-refractivity contribution is 7.89. The summed E-state index contributed by atoms with van der Waals surface area (Å²) in [6, 6.07) is 3.42. The summed E-state index contributed by atoms with van der Waals surface area (Å²) in [5.41, 5.74) is 2.77. The van der Waals surface area contributed by atoms with Crippen LogP contribution in [0.3, 0.4) is 0 Å². The van der Waals surface area contributed by atoms with E-state index in [1.165, 1.54) is 0 Å². The maximum atomic E-state index is 11.3. The van der Waals surface area contributed by atoms with Crippen molar-refractivity contribution in [3.63, 3.8) is 0 Å². The van der Waals surface area contributed by atoms with Crippen molar-refractivity contribution in [1.82, 2.24) is 0 Å². The number of benzene rings is 1. The molecule has 5 heteroatoms. The highest BCUT2D eigenvalue weighted by Crippen LogP contribution is 2.23. The molecule has 4 nitrogen and oxygen atoms in total. The maximum Gasteiger partial charge on any atom is 0.238 e. The van der Waals surface area contributed by atoms with Crippen molar-refractivity contribution in [2.45, 2.75) is 38.6 Å². The van der Waals surface area contributed by atoms with E-state index in [1.54, 1.807) is 12.1 Å². The van der Waals surface area contributed by atoms with Gasteiger partial charge in [-0.25, -0.2) is 13.6 Å². The first-order chi connectivity index (χ1) is 7.21. The Morgan fingerprint density at radius 3 is 2.25 bits per heavy atom. The van der Waals surface area contributed by atoms with Crippen LogP contribution in [0.2, 0.25) is 0 Å². The fourth-order valence-electron chi connectivity index (χ4n) is 1.45. The number of rotatable bonds is 3. The number of hydrogen-bond donors (Lipinski definition) is 2. The van der Waals surface area contributed by atoms with Gasteiger partial charge in [0.25, 0.3) is 0 Å². The Kier molecular flexibility index (Phi) is 3.60. The summed E-state index contributed by atoms with van der Waals surface area (Å²) in [6.45, 7) is 7.82. The molecule has 0 heterocycles. The number of primary sulfonamides is 1. The van der Waals surface area contributed by atoms with Gasteiger partial charge in [-0.1, -0.05) is 0 Å². The van der Waals surface area contributed by atoms with Gasteiger partial charge >= 0.3 is 0 Å². The zero-order chi connectivity index (χ0) is 12.5. The minimum Gasteiger partial charge on any atom is -0.383 e. The van der Waals surface area contributed by atoms with E-state index in [1.807, 2.05) is 27.7 Å². The van der Waals surface area contributed by atoms with E-state index in [-0.39, 0.29) is 10.9 Å². The fraction of sp³-hybridized carbons (Fsp3) is 0.455. The molecule has 0 aliphatic heterocycles. The van der Waals surface area contributed by atoms with Crippen LogP contribution in [0.1, 0.15) is 25.0 Å². The highest BCUT2D eigenvalue weighted by Gasteiger charge is 2.12. The number of anilines is 1. The third kappa shape index (κ3) is 2.96. The molecule has 90 valence electrons. The third-order valence-corrected chi connectivity index (χ3v) is 3.31. The number of nitrogens with one attached hydrogen (secondary N) is 1. The van der Waals surface area contributed by atoms with Crippen molar-refractivity contribution in [3.05, 3.63) is 23.3 Å². The van der Waals surface area contributed by atoms with Gasteiger partial charge in [0.1, 0.15) is 0 Å². The van der Waals surface area contributed by atoms with Crippen LogP contribution in [0.5, 0.6) is 0 Å². The summed E-state index contributed by atoms with van der Waals surface area (Å²) >= 11 is 0. The zero-order valence-electron chi connectivity index (χ0n) is 10.0. The summed E-state index contributed by atoms with van der Waals surface area (Å²) in [4.78, 5) is 0.152. The highest BCUT2D eigenvalue weighted by atomic mass is 32.2. The van der Waals surface area contributed by atoms with Crippen LogP contribution in [-0.2, 0) is 10.0 Å². The van der Waals surface area contributed by atoms with Gasteiger partial charge in [-0.15, -0.1) is 0 Å². The Hall–Kier alpha value is -1.07. The zero-order valence-corrected chi connectivity index (χ0v) is 10.9. The molecule has 0 saturated carbocycles. The lowest BCUT2D eigenvalue weighted by atomic mass is 10.1. The Labute approximate surface area is 96.9 Å². The van der Waals surface area contributed by atoms with Crippen LogP contribution in [0.25, 0.3) is 0 Å². The van der Waals surface area contributed by atoms with E-state index in [0.29, 0.717) is 0 Å². The molecule has 0 aromatic heterocycles. The van der Waals surface area contributed by atoms with Crippen LogP contribution >= 0.6 is 0 Å². The molecule has 0 amide bonds. The topological polar surface area (TPSA) is 72.2 Å². The van der Waals surface area contributed by atoms with E-state index in [2.05, 4.69) is 5.32 Å². The van der Waals surface area contributed by atoms with Crippen molar-refractivity contribution in [3.8, 4) is 0 Å². The number of nitrogens with two attached hydrogens (primary N) is 1. The first kappa shape index (κ1) is 13.0. The van der Waals surface area contributed by atoms with Gasteiger partial charge < -0.3 is 5.32 Å². The van der Waals surface area contributed by atoms with Crippen molar-refractivity contribution in [2.24, 2.45) is 5.14 Å². The molecule has 1 aromatic carbocycles. The molecule has 3 N–H and O–H groups in total. The predicted molar refractivity (Wildman–Crippen MR) is 66.0 cm³/mol. The second-order valence-corrected chi connectivity index (χ2v) is 5.82. The van der Waals surface area contributed by atoms with Gasteiger partial charge in [0.15, 0.2) is 0 Å². The van der Waals surface area contributed by atoms with Crippen molar-refractivity contribution >= 4 is 15.7 Å². The monoisotopic (exact) mass is 242 g/mol. The van der Waals surface area contributed by atoms with E-state index in [4.69, 9.17) is 5.14 Å². The van der Waals surface area contributed by atoms with Crippen LogP contribution in [0, 0.1) is 13.8 Å². The Bertz CT molecular complexity index is 493. The van der Waals surface area contributed by atoms with Gasteiger partial charge in [0, 0.05) is 11.7 Å². The normalized spacial score (nSPS) is 11.9. The summed E-state index contributed by atoms with van der Waals surface area (Å²) in [6.07, 6.45) is 0. The van der Waals surface area contributed by atoms with Gasteiger partial charge in [-0.05, 0) is 51.0 Å². The van der Waals surface area contributed by atoms with Crippen LogP contribution < -0.4 is 10.5 Å². The first-order valence-electron chi connectivity index (χ1n) is 5.12. The molecular weight excluding hydrogens is 224 g/mol. The van der Waals surface area contributed by atoms with Crippen LogP contribution in [0.15, 0.2) is 17.0 Å². The van der Waals surface area contributed by atoms with E-state index < -0.39 is 10.0 Å². The molecule has 0 radical (unpaired) electrons. The van der Waals surface area contributed by atoms with Gasteiger partial charge in [-0.2, -0.15) is 0 Å². The quantitative estimate of drug-likeness (QED) is 0.848. The smallest absolute Gasteiger partial charge is 0.238 e. The van der Waals surface area contributed by atoms with Gasteiger partial charge in [0.05, 0.1) is 4.90 Å². The van der Waals surface area contributed by atoms with Gasteiger partial charge in [0.2, 0.25) is 10.0 Å². The lowest BCUT2D eigenvalue weighted by molar-refractivity contribution is 0.597. The average Bonchev–Trinajstić information content (AvgIpc) is 2.10. The second-order valence-electron chi connectivity index (χ2n) is 4.26. The van der Waals surface area contributed by atoms with Crippen LogP contribution in [-0.4, -0.2) is 14.5 Å². The average molecular weight is 242 g/mol. The summed E-state index contributed by atoms with van der Waals surface area (Å²) in [5.74, 6) is 0. The fourth-order valence-corrected chi connectivity index (χ4v) is 2.07. The summed E-state index contributed by atoms with van der Waals surface area (Å²) in [7, 11) is -3.64. The Morgan fingerprint density at radius 2 is 1.81 bits per heavy atom. The molecule has 1 aromatic rings. The Morgan fingerprint density at radius 1 is 1.25 bits per heavy atom. The standard InChI is InChI=1S/C11H18N2O2S/c1-7(2)13-11-6-10(16(12,14)15)5-8(3)9(11)4/h5-7,13H,1-4H3,(H2,12,14,15). The largest absolute Gasteiger partial charge is 0.383 e. The van der Waals surface area contributed by atoms with E-state index in [0.717, 1.165) is 16.8 Å². The molecule has 0 saturated heterocycles. The maximum absolute atomic E-state index is 11.3. The Balaban J connectivity index is 3.33. The molecule has 0 aliphatic rings. The lowest BCUT2D eigenvalue weighted by Gasteiger charge is -2.15. The predicted octanol–water partition coefficient (Wildman–Crippen LogP) is 1.77. The molecule has 0 bridgehead atoms. The molecule has 0 fully saturated rings. The van der Waals surface area contributed by atoms with E-state index in [9.17, 15) is 8.42 Å². The first-order valence-corrected chi connectivity index (χ1v) is 6.67. The number of aryl methyl sites for hydroxylation is 1. The molecular formula is C11H18N2O2S. The minimum absolute atomic E-state index is 0.152. The second kappa shape index (κ2) is 4.43. The molecule has 0 aliphatic carbocycles. The number of hydrogen-bond acceptors (Lipinski definition) is 3. The molecule has 0 unspecified atom stereocenters. The molecule has 1 rings (SSSR count). The van der Waals surface area contributed by atoms with Crippen molar-refractivity contribution in [1.29, 1.82) is 0 Å². The number of sulfonamides is 1. The van der Waals surface area contributed by atoms with E-state index >= 15 is 0 Å². The molecule has 0 atom stereocenters. The SMILES string of the molecule is Cc1cc(S(N)(=O)=O)cc(NC(C)C)c1C. The minimum atomic E-state index is -3.64. The van der Waals surface area contributed by atoms with Gasteiger partial charge in [-0.3, -0.25) is 0 Å².